The second kappa shape index (κ2) is 13.5. The highest BCUT2D eigenvalue weighted by Crippen LogP contribution is 2.40. The number of rotatable bonds is 8. The van der Waals surface area contributed by atoms with E-state index in [1.165, 1.54) is 11.1 Å². The molecule has 0 aliphatic rings. The van der Waals surface area contributed by atoms with Crippen LogP contribution < -0.4 is 15.8 Å². The molecular weight excluding hydrogens is 498 g/mol. The molecule has 0 fully saturated rings. The first-order chi connectivity index (χ1) is 15.8. The zero-order valence-corrected chi connectivity index (χ0v) is 22.4. The first-order valence-electron chi connectivity index (χ1n) is 10.9. The van der Waals surface area contributed by atoms with Gasteiger partial charge in [-0.2, -0.15) is 0 Å². The average molecular weight is 533 g/mol. The molecule has 0 aliphatic carbocycles. The van der Waals surface area contributed by atoms with E-state index in [0.717, 1.165) is 20.6 Å². The fourth-order valence-corrected chi connectivity index (χ4v) is 4.28. The van der Waals surface area contributed by atoms with Crippen molar-refractivity contribution in [2.45, 2.75) is 38.1 Å². The number of ether oxygens (including phenoxy) is 1. The van der Waals surface area contributed by atoms with Gasteiger partial charge in [0.1, 0.15) is 11.4 Å². The molecule has 178 valence electrons. The van der Waals surface area contributed by atoms with Crippen LogP contribution in [0.25, 0.3) is 0 Å². The minimum atomic E-state index is 0.0226. The SMILES string of the molecule is COc1cc(Cc2cccnc2SC)c(Br)c(N)c1NCCO.Cc1ccc(C(C)C)cc1. The van der Waals surface area contributed by atoms with Crippen molar-refractivity contribution in [1.82, 2.24) is 4.98 Å². The van der Waals surface area contributed by atoms with E-state index in [2.05, 4.69) is 77.3 Å². The molecular formula is C26H34BrN3O2S. The van der Waals surface area contributed by atoms with Crippen LogP contribution in [0, 0.1) is 6.92 Å². The molecule has 0 saturated heterocycles. The molecule has 4 N–H and O–H groups in total. The number of benzene rings is 2. The number of hydrogen-bond acceptors (Lipinski definition) is 6. The van der Waals surface area contributed by atoms with Gasteiger partial charge in [0.05, 0.1) is 24.4 Å². The Bertz CT molecular complexity index is 1030. The first-order valence-corrected chi connectivity index (χ1v) is 12.9. The van der Waals surface area contributed by atoms with Crippen molar-refractivity contribution in [3.63, 3.8) is 0 Å². The molecule has 0 unspecified atom stereocenters. The lowest BCUT2D eigenvalue weighted by atomic mass is 10.0. The van der Waals surface area contributed by atoms with E-state index in [1.54, 1.807) is 25.1 Å². The summed E-state index contributed by atoms with van der Waals surface area (Å²) in [5.41, 5.74) is 12.4. The largest absolute Gasteiger partial charge is 0.494 e. The number of methoxy groups -OCH3 is 1. The van der Waals surface area contributed by atoms with E-state index in [-0.39, 0.29) is 6.61 Å². The molecule has 0 spiro atoms. The van der Waals surface area contributed by atoms with Crippen molar-refractivity contribution in [2.24, 2.45) is 0 Å². The van der Waals surface area contributed by atoms with Gasteiger partial charge in [0.25, 0.3) is 0 Å². The van der Waals surface area contributed by atoms with Gasteiger partial charge in [0, 0.05) is 23.6 Å². The molecule has 5 nitrogen and oxygen atoms in total. The predicted molar refractivity (Wildman–Crippen MR) is 145 cm³/mol. The molecule has 1 heterocycles. The molecule has 1 aromatic heterocycles. The van der Waals surface area contributed by atoms with Crippen LogP contribution in [0.15, 0.2) is 58.2 Å². The van der Waals surface area contributed by atoms with E-state index >= 15 is 0 Å². The van der Waals surface area contributed by atoms with Crippen LogP contribution in [-0.2, 0) is 6.42 Å². The van der Waals surface area contributed by atoms with E-state index in [0.29, 0.717) is 36.0 Å². The Morgan fingerprint density at radius 3 is 2.45 bits per heavy atom. The van der Waals surface area contributed by atoms with E-state index < -0.39 is 0 Å². The second-order valence-corrected chi connectivity index (χ2v) is 9.49. The quantitative estimate of drug-likeness (QED) is 0.234. The van der Waals surface area contributed by atoms with Gasteiger partial charge in [0.2, 0.25) is 0 Å². The number of halogens is 1. The molecule has 2 aromatic carbocycles. The molecule has 33 heavy (non-hydrogen) atoms. The van der Waals surface area contributed by atoms with Gasteiger partial charge < -0.3 is 20.9 Å². The topological polar surface area (TPSA) is 80.4 Å². The Morgan fingerprint density at radius 1 is 1.18 bits per heavy atom. The Morgan fingerprint density at radius 2 is 1.88 bits per heavy atom. The molecule has 0 bridgehead atoms. The summed E-state index contributed by atoms with van der Waals surface area (Å²) in [5.74, 6) is 1.31. The Balaban J connectivity index is 0.000000321. The maximum absolute atomic E-state index is 8.99. The number of hydrogen-bond donors (Lipinski definition) is 3. The highest BCUT2D eigenvalue weighted by Gasteiger charge is 2.16. The number of aromatic nitrogens is 1. The van der Waals surface area contributed by atoms with Crippen LogP contribution in [0.1, 0.15) is 42.0 Å². The monoisotopic (exact) mass is 531 g/mol. The molecule has 3 aromatic rings. The molecule has 7 heteroatoms. The van der Waals surface area contributed by atoms with Crippen LogP contribution in [0.2, 0.25) is 0 Å². The van der Waals surface area contributed by atoms with Gasteiger partial charge >= 0.3 is 0 Å². The molecule has 0 amide bonds. The highest BCUT2D eigenvalue weighted by molar-refractivity contribution is 9.10. The van der Waals surface area contributed by atoms with Crippen molar-refractivity contribution in [2.75, 3.05) is 37.6 Å². The summed E-state index contributed by atoms with van der Waals surface area (Å²) in [4.78, 5) is 4.39. The van der Waals surface area contributed by atoms with Crippen molar-refractivity contribution >= 4 is 39.1 Å². The third kappa shape index (κ3) is 7.66. The summed E-state index contributed by atoms with van der Waals surface area (Å²) >= 11 is 5.20. The maximum Gasteiger partial charge on any atom is 0.144 e. The van der Waals surface area contributed by atoms with Gasteiger partial charge in [-0.15, -0.1) is 11.8 Å². The van der Waals surface area contributed by atoms with Gasteiger partial charge in [-0.05, 0) is 63.9 Å². The third-order valence-electron chi connectivity index (χ3n) is 5.14. The first kappa shape index (κ1) is 27.0. The number of nitrogens with one attached hydrogen (secondary N) is 1. The number of aliphatic hydroxyl groups is 1. The van der Waals surface area contributed by atoms with Gasteiger partial charge in [-0.1, -0.05) is 49.7 Å². The van der Waals surface area contributed by atoms with Crippen LogP contribution in [-0.4, -0.2) is 36.6 Å². The highest BCUT2D eigenvalue weighted by atomic mass is 79.9. The van der Waals surface area contributed by atoms with E-state index in [1.807, 2.05) is 18.4 Å². The number of nitrogens with zero attached hydrogens (tertiary/aromatic N) is 1. The summed E-state index contributed by atoms with van der Waals surface area (Å²) < 4.78 is 6.28. The van der Waals surface area contributed by atoms with Crippen molar-refractivity contribution in [1.29, 1.82) is 0 Å². The van der Waals surface area contributed by atoms with Crippen molar-refractivity contribution in [3.05, 3.63) is 75.4 Å². The summed E-state index contributed by atoms with van der Waals surface area (Å²) in [7, 11) is 1.61. The fourth-order valence-electron chi connectivity index (χ4n) is 3.26. The van der Waals surface area contributed by atoms with Crippen molar-refractivity contribution in [3.8, 4) is 5.75 Å². The standard InChI is InChI=1S/C16H20BrN3O2S.C10H14/c1-22-12-9-11(8-10-4-3-5-20-16(10)23-2)13(17)14(18)15(12)19-6-7-21;1-8(2)10-6-4-9(3)5-7-10/h3-5,9,19,21H,6-8,18H2,1-2H3;4-8H,1-3H3. The Kier molecular flexibility index (Phi) is 11.0. The molecule has 0 aliphatic heterocycles. The predicted octanol–water partition coefficient (Wildman–Crippen LogP) is 6.27. The normalized spacial score (nSPS) is 10.5. The summed E-state index contributed by atoms with van der Waals surface area (Å²) in [6.45, 7) is 6.97. The Labute approximate surface area is 210 Å². The summed E-state index contributed by atoms with van der Waals surface area (Å²) in [6, 6.07) is 14.7. The van der Waals surface area contributed by atoms with Crippen LogP contribution >= 0.6 is 27.7 Å². The number of pyridine rings is 1. The number of nitrogens with two attached hydrogens (primary N) is 1. The van der Waals surface area contributed by atoms with Gasteiger partial charge in [0.15, 0.2) is 0 Å². The molecule has 3 rings (SSSR count). The number of aliphatic hydroxyl groups excluding tert-OH is 1. The minimum absolute atomic E-state index is 0.0226. The van der Waals surface area contributed by atoms with E-state index in [4.69, 9.17) is 15.6 Å². The summed E-state index contributed by atoms with van der Waals surface area (Å²) in [6.07, 6.45) is 4.50. The number of anilines is 2. The number of aryl methyl sites for hydroxylation is 1. The van der Waals surface area contributed by atoms with Gasteiger partial charge in [-0.25, -0.2) is 4.98 Å². The zero-order chi connectivity index (χ0) is 24.4. The Hall–Kier alpha value is -2.22. The number of nitrogen functional groups attached to an aromatic ring is 1. The number of thioether (sulfide) groups is 1. The smallest absolute Gasteiger partial charge is 0.144 e. The van der Waals surface area contributed by atoms with Crippen LogP contribution in [0.4, 0.5) is 11.4 Å². The third-order valence-corrected chi connectivity index (χ3v) is 6.83. The molecule has 0 radical (unpaired) electrons. The fraction of sp³-hybridized carbons (Fsp3) is 0.346. The lowest BCUT2D eigenvalue weighted by molar-refractivity contribution is 0.311. The minimum Gasteiger partial charge on any atom is -0.494 e. The van der Waals surface area contributed by atoms with E-state index in [9.17, 15) is 0 Å². The van der Waals surface area contributed by atoms with Crippen molar-refractivity contribution < 1.29 is 9.84 Å². The molecule has 0 saturated carbocycles. The zero-order valence-electron chi connectivity index (χ0n) is 20.0. The van der Waals surface area contributed by atoms with Crippen LogP contribution in [0.5, 0.6) is 5.75 Å². The maximum atomic E-state index is 8.99. The second-order valence-electron chi connectivity index (χ2n) is 7.90. The van der Waals surface area contributed by atoms with Gasteiger partial charge in [-0.3, -0.25) is 0 Å². The molecule has 0 atom stereocenters. The lowest BCUT2D eigenvalue weighted by Gasteiger charge is -2.18. The lowest BCUT2D eigenvalue weighted by Crippen LogP contribution is -2.10. The summed E-state index contributed by atoms with van der Waals surface area (Å²) in [5, 5.41) is 13.1. The average Bonchev–Trinajstić information content (AvgIpc) is 2.82. The van der Waals surface area contributed by atoms with Crippen LogP contribution in [0.3, 0.4) is 0 Å².